The number of H-pyrrole nitrogens is 1. The zero-order valence-corrected chi connectivity index (χ0v) is 10.1. The number of aliphatic carboxylic acids is 1. The summed E-state index contributed by atoms with van der Waals surface area (Å²) < 4.78 is 13.1. The molecule has 5 heteroatoms. The van der Waals surface area contributed by atoms with Gasteiger partial charge in [0.25, 0.3) is 0 Å². The van der Waals surface area contributed by atoms with Gasteiger partial charge < -0.3 is 5.11 Å². The molecule has 2 rings (SSSR count). The molecule has 0 fully saturated rings. The quantitative estimate of drug-likeness (QED) is 0.877. The number of carboxylic acids is 1. The number of aromatic amines is 1. The third kappa shape index (κ3) is 2.11. The molecule has 1 heterocycles. The zero-order chi connectivity index (χ0) is 13.3. The van der Waals surface area contributed by atoms with Crippen LogP contribution < -0.4 is 0 Å². The monoisotopic (exact) mass is 248 g/mol. The average molecular weight is 248 g/mol. The first-order chi connectivity index (χ1) is 8.41. The molecule has 0 spiro atoms. The van der Waals surface area contributed by atoms with Gasteiger partial charge in [0.2, 0.25) is 0 Å². The molecule has 0 aliphatic carbocycles. The smallest absolute Gasteiger partial charge is 0.315 e. The number of hydrogen-bond acceptors (Lipinski definition) is 2. The Bertz CT molecular complexity index is 590. The van der Waals surface area contributed by atoms with E-state index in [1.807, 2.05) is 0 Å². The molecule has 0 saturated heterocycles. The molecular formula is C13H13FN2O2. The first kappa shape index (κ1) is 12.3. The van der Waals surface area contributed by atoms with Crippen LogP contribution in [0.5, 0.6) is 0 Å². The predicted octanol–water partition coefficient (Wildman–Crippen LogP) is 2.58. The Kier molecular flexibility index (Phi) is 2.90. The maximum absolute atomic E-state index is 13.1. The van der Waals surface area contributed by atoms with E-state index in [4.69, 9.17) is 5.11 Å². The first-order valence-corrected chi connectivity index (χ1v) is 5.46. The van der Waals surface area contributed by atoms with Crippen LogP contribution in [0.25, 0.3) is 11.3 Å². The Hall–Kier alpha value is -2.17. The van der Waals surface area contributed by atoms with Gasteiger partial charge in [-0.1, -0.05) is 12.1 Å². The van der Waals surface area contributed by atoms with Crippen LogP contribution in [0.15, 0.2) is 30.3 Å². The lowest BCUT2D eigenvalue weighted by atomic mass is 9.89. The van der Waals surface area contributed by atoms with E-state index in [1.54, 1.807) is 32.0 Å². The van der Waals surface area contributed by atoms with Crippen LogP contribution in [0.4, 0.5) is 4.39 Å². The summed E-state index contributed by atoms with van der Waals surface area (Å²) >= 11 is 0. The fourth-order valence-corrected chi connectivity index (χ4v) is 1.55. The topological polar surface area (TPSA) is 66.0 Å². The second-order valence-corrected chi connectivity index (χ2v) is 4.61. The lowest BCUT2D eigenvalue weighted by Crippen LogP contribution is -2.28. The van der Waals surface area contributed by atoms with E-state index >= 15 is 0 Å². The summed E-state index contributed by atoms with van der Waals surface area (Å²) in [6.45, 7) is 3.16. The van der Waals surface area contributed by atoms with Crippen LogP contribution in [0, 0.1) is 5.82 Å². The Morgan fingerprint density at radius 1 is 1.39 bits per heavy atom. The highest BCUT2D eigenvalue weighted by atomic mass is 19.1. The van der Waals surface area contributed by atoms with Crippen molar-refractivity contribution in [3.8, 4) is 11.3 Å². The molecule has 0 unspecified atom stereocenters. The molecule has 18 heavy (non-hydrogen) atoms. The van der Waals surface area contributed by atoms with E-state index in [0.29, 0.717) is 17.0 Å². The lowest BCUT2D eigenvalue weighted by Gasteiger charge is -2.16. The minimum atomic E-state index is -1.06. The third-order valence-electron chi connectivity index (χ3n) is 2.91. The van der Waals surface area contributed by atoms with E-state index in [0.717, 1.165) is 0 Å². The van der Waals surface area contributed by atoms with Crippen LogP contribution in [0.3, 0.4) is 0 Å². The predicted molar refractivity (Wildman–Crippen MR) is 64.6 cm³/mol. The van der Waals surface area contributed by atoms with E-state index < -0.39 is 11.4 Å². The van der Waals surface area contributed by atoms with Crippen LogP contribution in [0.1, 0.15) is 19.5 Å². The summed E-state index contributed by atoms with van der Waals surface area (Å²) in [5, 5.41) is 15.8. The van der Waals surface area contributed by atoms with E-state index in [2.05, 4.69) is 10.2 Å². The van der Waals surface area contributed by atoms with Crippen molar-refractivity contribution in [3.63, 3.8) is 0 Å². The number of aromatic nitrogens is 2. The van der Waals surface area contributed by atoms with Crippen molar-refractivity contribution in [2.45, 2.75) is 19.3 Å². The summed E-state index contributed by atoms with van der Waals surface area (Å²) in [7, 11) is 0. The maximum Gasteiger partial charge on any atom is 0.315 e. The molecule has 1 aromatic carbocycles. The molecule has 4 nitrogen and oxygen atoms in total. The number of carbonyl (C=O) groups is 1. The fraction of sp³-hybridized carbons (Fsp3) is 0.231. The molecule has 0 amide bonds. The van der Waals surface area contributed by atoms with Crippen LogP contribution in [-0.2, 0) is 10.2 Å². The van der Waals surface area contributed by atoms with Gasteiger partial charge in [-0.05, 0) is 32.0 Å². The number of hydrogen-bond donors (Lipinski definition) is 2. The molecule has 0 radical (unpaired) electrons. The summed E-state index contributed by atoms with van der Waals surface area (Å²) in [5.74, 6) is -1.30. The summed E-state index contributed by atoms with van der Waals surface area (Å²) in [5.41, 5.74) is 0.560. The molecule has 1 aromatic heterocycles. The Morgan fingerprint density at radius 3 is 2.72 bits per heavy atom. The second kappa shape index (κ2) is 4.25. The Morgan fingerprint density at radius 2 is 2.11 bits per heavy atom. The molecule has 94 valence electrons. The molecule has 0 saturated carbocycles. The van der Waals surface area contributed by atoms with Gasteiger partial charge in [-0.25, -0.2) is 4.39 Å². The molecule has 0 bridgehead atoms. The van der Waals surface area contributed by atoms with E-state index in [-0.39, 0.29) is 5.82 Å². The summed E-state index contributed by atoms with van der Waals surface area (Å²) in [6.07, 6.45) is 0. The Balaban J connectivity index is 2.40. The number of nitrogens with one attached hydrogen (secondary N) is 1. The van der Waals surface area contributed by atoms with Gasteiger partial charge in [0.15, 0.2) is 0 Å². The van der Waals surface area contributed by atoms with Gasteiger partial charge in [0.05, 0.1) is 11.4 Å². The van der Waals surface area contributed by atoms with E-state index in [9.17, 15) is 9.18 Å². The van der Waals surface area contributed by atoms with Crippen molar-refractivity contribution in [3.05, 3.63) is 41.8 Å². The van der Waals surface area contributed by atoms with Gasteiger partial charge in [-0.2, -0.15) is 5.10 Å². The van der Waals surface area contributed by atoms with Gasteiger partial charge in [-0.3, -0.25) is 9.89 Å². The molecule has 2 N–H and O–H groups in total. The second-order valence-electron chi connectivity index (χ2n) is 4.61. The largest absolute Gasteiger partial charge is 0.481 e. The minimum Gasteiger partial charge on any atom is -0.481 e. The first-order valence-electron chi connectivity index (χ1n) is 5.46. The normalized spacial score (nSPS) is 11.5. The fourth-order valence-electron chi connectivity index (χ4n) is 1.55. The number of benzene rings is 1. The average Bonchev–Trinajstić information content (AvgIpc) is 2.78. The van der Waals surface area contributed by atoms with Crippen molar-refractivity contribution >= 4 is 5.97 Å². The molecule has 0 aliphatic heterocycles. The van der Waals surface area contributed by atoms with Crippen molar-refractivity contribution in [2.24, 2.45) is 0 Å². The van der Waals surface area contributed by atoms with Gasteiger partial charge in [-0.15, -0.1) is 0 Å². The molecule has 2 aromatic rings. The van der Waals surface area contributed by atoms with Gasteiger partial charge >= 0.3 is 5.97 Å². The summed E-state index contributed by atoms with van der Waals surface area (Å²) in [4.78, 5) is 11.1. The van der Waals surface area contributed by atoms with Gasteiger partial charge in [0, 0.05) is 5.56 Å². The number of halogens is 1. The standard InChI is InChI=1S/C13H13FN2O2/c1-13(2,12(17)18)11-7-10(15-16-11)8-4-3-5-9(14)6-8/h3-7H,1-2H3,(H,15,16)(H,17,18). The minimum absolute atomic E-state index is 0.352. The van der Waals surface area contributed by atoms with E-state index in [1.165, 1.54) is 12.1 Å². The van der Waals surface area contributed by atoms with Crippen molar-refractivity contribution < 1.29 is 14.3 Å². The lowest BCUT2D eigenvalue weighted by molar-refractivity contribution is -0.142. The van der Waals surface area contributed by atoms with Crippen LogP contribution in [-0.4, -0.2) is 21.3 Å². The van der Waals surface area contributed by atoms with Gasteiger partial charge in [0.1, 0.15) is 11.2 Å². The Labute approximate surface area is 103 Å². The summed E-state index contributed by atoms with van der Waals surface area (Å²) in [6, 6.07) is 7.63. The number of nitrogens with zero attached hydrogens (tertiary/aromatic N) is 1. The van der Waals surface area contributed by atoms with Crippen molar-refractivity contribution in [1.82, 2.24) is 10.2 Å². The van der Waals surface area contributed by atoms with Crippen molar-refractivity contribution in [2.75, 3.05) is 0 Å². The molecule has 0 atom stereocenters. The molecule has 0 aliphatic rings. The highest BCUT2D eigenvalue weighted by Crippen LogP contribution is 2.26. The van der Waals surface area contributed by atoms with Crippen LogP contribution >= 0.6 is 0 Å². The highest BCUT2D eigenvalue weighted by molar-refractivity contribution is 5.80. The SMILES string of the molecule is CC(C)(C(=O)O)c1cc(-c2cccc(F)c2)n[nH]1. The maximum atomic E-state index is 13.1. The number of carboxylic acid groups (broad SMARTS) is 1. The number of rotatable bonds is 3. The zero-order valence-electron chi connectivity index (χ0n) is 10.1. The molecular weight excluding hydrogens is 235 g/mol. The van der Waals surface area contributed by atoms with Crippen LogP contribution in [0.2, 0.25) is 0 Å². The highest BCUT2D eigenvalue weighted by Gasteiger charge is 2.31. The third-order valence-corrected chi connectivity index (χ3v) is 2.91. The van der Waals surface area contributed by atoms with Crippen molar-refractivity contribution in [1.29, 1.82) is 0 Å².